The fourth-order valence-electron chi connectivity index (χ4n) is 3.34. The maximum atomic E-state index is 11.8. The Balaban J connectivity index is 1.44. The molecule has 0 spiro atoms. The van der Waals surface area contributed by atoms with Crippen LogP contribution in [0.5, 0.6) is 0 Å². The molecule has 2 fully saturated rings. The van der Waals surface area contributed by atoms with Crippen molar-refractivity contribution in [3.8, 4) is 11.1 Å². The molecule has 5 rings (SSSR count). The van der Waals surface area contributed by atoms with E-state index in [9.17, 15) is 9.59 Å². The van der Waals surface area contributed by atoms with Crippen LogP contribution in [0.25, 0.3) is 22.0 Å². The number of carbonyl (C=O) groups is 2. The smallest absolute Gasteiger partial charge is 0.230 e. The highest BCUT2D eigenvalue weighted by atomic mass is 32.1. The van der Waals surface area contributed by atoms with Crippen molar-refractivity contribution in [3.63, 3.8) is 0 Å². The summed E-state index contributed by atoms with van der Waals surface area (Å²) in [7, 11) is 0. The molecule has 3 aromatic rings. The molecule has 3 heterocycles. The SMILES string of the molecule is O=C1CCC(=O)N1Cc1cc(-c2ccc3ncnc(NC4CC4)c3c2)cs1. The molecule has 1 N–H and O–H groups in total. The number of benzene rings is 1. The molecule has 0 unspecified atom stereocenters. The molecule has 2 aliphatic rings. The van der Waals surface area contributed by atoms with Gasteiger partial charge in [0.2, 0.25) is 11.8 Å². The molecular formula is C20H18N4O2S. The van der Waals surface area contributed by atoms with Crippen LogP contribution in [0.15, 0.2) is 36.0 Å². The van der Waals surface area contributed by atoms with E-state index in [2.05, 4.69) is 32.8 Å². The molecule has 1 aromatic carbocycles. The van der Waals surface area contributed by atoms with Gasteiger partial charge >= 0.3 is 0 Å². The molecule has 2 amide bonds. The summed E-state index contributed by atoms with van der Waals surface area (Å²) >= 11 is 1.57. The zero-order valence-corrected chi connectivity index (χ0v) is 15.5. The van der Waals surface area contributed by atoms with E-state index in [0.29, 0.717) is 25.4 Å². The number of aromatic nitrogens is 2. The van der Waals surface area contributed by atoms with Crippen LogP contribution in [0.1, 0.15) is 30.6 Å². The second-order valence-electron chi connectivity index (χ2n) is 7.05. The van der Waals surface area contributed by atoms with Gasteiger partial charge in [0.15, 0.2) is 0 Å². The van der Waals surface area contributed by atoms with Crippen molar-refractivity contribution in [1.29, 1.82) is 0 Å². The minimum Gasteiger partial charge on any atom is -0.367 e. The van der Waals surface area contributed by atoms with Crippen molar-refractivity contribution in [2.45, 2.75) is 38.3 Å². The number of thiophene rings is 1. The molecule has 1 saturated heterocycles. The van der Waals surface area contributed by atoms with Crippen LogP contribution in [0.4, 0.5) is 5.82 Å². The van der Waals surface area contributed by atoms with E-state index in [-0.39, 0.29) is 11.8 Å². The predicted molar refractivity (Wildman–Crippen MR) is 104 cm³/mol. The summed E-state index contributed by atoms with van der Waals surface area (Å²) in [4.78, 5) is 34.8. The highest BCUT2D eigenvalue weighted by molar-refractivity contribution is 7.10. The number of hydrogen-bond acceptors (Lipinski definition) is 6. The molecule has 2 aromatic heterocycles. The number of carbonyl (C=O) groups excluding carboxylic acids is 2. The lowest BCUT2D eigenvalue weighted by molar-refractivity contribution is -0.138. The van der Waals surface area contributed by atoms with Gasteiger partial charge < -0.3 is 5.32 Å². The van der Waals surface area contributed by atoms with E-state index in [1.54, 1.807) is 17.7 Å². The summed E-state index contributed by atoms with van der Waals surface area (Å²) in [5.74, 6) is 0.732. The number of rotatable bonds is 5. The Kier molecular flexibility index (Phi) is 3.89. The van der Waals surface area contributed by atoms with Gasteiger partial charge in [0.1, 0.15) is 12.1 Å². The lowest BCUT2D eigenvalue weighted by Crippen LogP contribution is -2.27. The molecule has 27 heavy (non-hydrogen) atoms. The lowest BCUT2D eigenvalue weighted by atomic mass is 10.1. The minimum absolute atomic E-state index is 0.0754. The topological polar surface area (TPSA) is 75.2 Å². The number of anilines is 1. The van der Waals surface area contributed by atoms with E-state index in [1.807, 2.05) is 12.1 Å². The number of hydrogen-bond donors (Lipinski definition) is 1. The van der Waals surface area contributed by atoms with Crippen LogP contribution in [-0.4, -0.2) is 32.7 Å². The van der Waals surface area contributed by atoms with Crippen LogP contribution in [0, 0.1) is 0 Å². The Morgan fingerprint density at radius 3 is 2.67 bits per heavy atom. The molecule has 1 aliphatic carbocycles. The van der Waals surface area contributed by atoms with E-state index in [4.69, 9.17) is 0 Å². The first-order chi connectivity index (χ1) is 13.2. The number of nitrogens with zero attached hydrogens (tertiary/aromatic N) is 3. The predicted octanol–water partition coefficient (Wildman–Crippen LogP) is 3.58. The molecule has 6 nitrogen and oxygen atoms in total. The van der Waals surface area contributed by atoms with Crippen molar-refractivity contribution >= 4 is 39.9 Å². The molecule has 0 radical (unpaired) electrons. The third-order valence-corrected chi connectivity index (χ3v) is 5.93. The molecule has 7 heteroatoms. The highest BCUT2D eigenvalue weighted by Gasteiger charge is 2.29. The summed E-state index contributed by atoms with van der Waals surface area (Å²) in [6.45, 7) is 0.369. The quantitative estimate of drug-likeness (QED) is 0.687. The molecule has 0 atom stereocenters. The Morgan fingerprint density at radius 1 is 1.07 bits per heavy atom. The number of likely N-dealkylation sites (tertiary alicyclic amines) is 1. The molecule has 136 valence electrons. The lowest BCUT2D eigenvalue weighted by Gasteiger charge is -2.11. The number of fused-ring (bicyclic) bond motifs is 1. The minimum atomic E-state index is -0.0754. The highest BCUT2D eigenvalue weighted by Crippen LogP contribution is 2.32. The molecule has 0 bridgehead atoms. The Hall–Kier alpha value is -2.80. The summed E-state index contributed by atoms with van der Waals surface area (Å²) in [6.07, 6.45) is 4.64. The van der Waals surface area contributed by atoms with Crippen LogP contribution in [-0.2, 0) is 16.1 Å². The molecule has 1 saturated carbocycles. The van der Waals surface area contributed by atoms with Crippen molar-refractivity contribution in [2.24, 2.45) is 0 Å². The summed E-state index contributed by atoms with van der Waals surface area (Å²) in [6, 6.07) is 8.75. The van der Waals surface area contributed by atoms with Crippen molar-refractivity contribution in [2.75, 3.05) is 5.32 Å². The normalized spacial score (nSPS) is 17.1. The first kappa shape index (κ1) is 16.4. The van der Waals surface area contributed by atoms with Crippen LogP contribution in [0.2, 0.25) is 0 Å². The summed E-state index contributed by atoms with van der Waals surface area (Å²) in [5.41, 5.74) is 3.08. The third kappa shape index (κ3) is 3.19. The fourth-order valence-corrected chi connectivity index (χ4v) is 4.22. The first-order valence-corrected chi connectivity index (χ1v) is 9.97. The fraction of sp³-hybridized carbons (Fsp3) is 0.300. The monoisotopic (exact) mass is 378 g/mol. The zero-order chi connectivity index (χ0) is 18.4. The average Bonchev–Trinajstić information content (AvgIpc) is 3.28. The van der Waals surface area contributed by atoms with Gasteiger partial charge in [-0.25, -0.2) is 9.97 Å². The van der Waals surface area contributed by atoms with Gasteiger partial charge in [-0.15, -0.1) is 11.3 Å². The first-order valence-electron chi connectivity index (χ1n) is 9.10. The maximum Gasteiger partial charge on any atom is 0.230 e. The van der Waals surface area contributed by atoms with Crippen LogP contribution in [0.3, 0.4) is 0 Å². The Morgan fingerprint density at radius 2 is 1.89 bits per heavy atom. The van der Waals surface area contributed by atoms with Gasteiger partial charge in [-0.2, -0.15) is 0 Å². The van der Waals surface area contributed by atoms with Gasteiger partial charge in [-0.3, -0.25) is 14.5 Å². The van der Waals surface area contributed by atoms with E-state index in [0.717, 1.165) is 32.7 Å². The average molecular weight is 378 g/mol. The second kappa shape index (κ2) is 6.42. The largest absolute Gasteiger partial charge is 0.367 e. The van der Waals surface area contributed by atoms with Gasteiger partial charge in [0, 0.05) is 29.1 Å². The maximum absolute atomic E-state index is 11.8. The van der Waals surface area contributed by atoms with E-state index >= 15 is 0 Å². The number of nitrogens with one attached hydrogen (secondary N) is 1. The van der Waals surface area contributed by atoms with E-state index < -0.39 is 0 Å². The number of imide groups is 1. The van der Waals surface area contributed by atoms with Gasteiger partial charge in [-0.05, 0) is 47.5 Å². The van der Waals surface area contributed by atoms with Gasteiger partial charge in [0.25, 0.3) is 0 Å². The molecule has 1 aliphatic heterocycles. The summed E-state index contributed by atoms with van der Waals surface area (Å²) in [5, 5.41) is 6.55. The summed E-state index contributed by atoms with van der Waals surface area (Å²) < 4.78 is 0. The van der Waals surface area contributed by atoms with Crippen molar-refractivity contribution in [1.82, 2.24) is 14.9 Å². The third-order valence-electron chi connectivity index (χ3n) is 5.01. The second-order valence-corrected chi connectivity index (χ2v) is 8.04. The standard InChI is InChI=1S/C20H18N4O2S/c25-18-5-6-19(26)24(18)9-15-7-13(10-27-15)12-1-4-17-16(8-12)20(22-11-21-17)23-14-2-3-14/h1,4,7-8,10-11,14H,2-3,5-6,9H2,(H,21,22,23). The van der Waals surface area contributed by atoms with Crippen LogP contribution >= 0.6 is 11.3 Å². The Bertz CT molecular complexity index is 1040. The van der Waals surface area contributed by atoms with Gasteiger partial charge in [-0.1, -0.05) is 6.07 Å². The van der Waals surface area contributed by atoms with Crippen molar-refractivity contribution in [3.05, 3.63) is 40.8 Å². The van der Waals surface area contributed by atoms with Gasteiger partial charge in [0.05, 0.1) is 12.1 Å². The number of amides is 2. The van der Waals surface area contributed by atoms with Crippen LogP contribution < -0.4 is 5.32 Å². The Labute approximate surface area is 160 Å². The van der Waals surface area contributed by atoms with Crippen molar-refractivity contribution < 1.29 is 9.59 Å². The molecular weight excluding hydrogens is 360 g/mol. The van der Waals surface area contributed by atoms with E-state index in [1.165, 1.54) is 17.7 Å². The zero-order valence-electron chi connectivity index (χ0n) is 14.6.